The van der Waals surface area contributed by atoms with Gasteiger partial charge in [-0.3, -0.25) is 13.9 Å². The van der Waals surface area contributed by atoms with Crippen molar-refractivity contribution in [2.75, 3.05) is 19.8 Å². The van der Waals surface area contributed by atoms with Crippen molar-refractivity contribution in [1.29, 1.82) is 0 Å². The van der Waals surface area contributed by atoms with Crippen LogP contribution in [0.5, 0.6) is 0 Å². The molecule has 164 valence electrons. The Morgan fingerprint density at radius 3 is 2.50 bits per heavy atom. The molecule has 8 nitrogen and oxygen atoms in total. The second-order valence-corrected chi connectivity index (χ2v) is 10.1. The minimum absolute atomic E-state index is 0.218. The van der Waals surface area contributed by atoms with E-state index < -0.39 is 52.1 Å². The smallest absolute Gasteiger partial charge is 0.237 e. The van der Waals surface area contributed by atoms with Gasteiger partial charge in [-0.05, 0) is 32.7 Å². The van der Waals surface area contributed by atoms with Crippen LogP contribution in [0, 0.1) is 5.92 Å². The van der Waals surface area contributed by atoms with Gasteiger partial charge in [0.25, 0.3) is 0 Å². The number of rotatable bonds is 7. The molecule has 0 aromatic rings. The molecule has 0 spiro atoms. The van der Waals surface area contributed by atoms with Crippen molar-refractivity contribution in [1.82, 2.24) is 10.2 Å². The van der Waals surface area contributed by atoms with E-state index in [0.717, 1.165) is 25.8 Å². The summed E-state index contributed by atoms with van der Waals surface area (Å²) < 4.78 is 17.5. The van der Waals surface area contributed by atoms with E-state index in [1.54, 1.807) is 6.92 Å². The number of aliphatic hydroxyl groups is 3. The van der Waals surface area contributed by atoms with Gasteiger partial charge in [-0.25, -0.2) is 0 Å². The molecule has 0 saturated carbocycles. The molecule has 0 aromatic carbocycles. The van der Waals surface area contributed by atoms with Gasteiger partial charge in [-0.15, -0.1) is 11.6 Å². The Morgan fingerprint density at radius 1 is 1.32 bits per heavy atom. The number of carbonyl (C=O) groups excluding carboxylic acids is 1. The first-order chi connectivity index (χ1) is 13.1. The van der Waals surface area contributed by atoms with Crippen molar-refractivity contribution in [3.05, 3.63) is 0 Å². The first-order valence-corrected chi connectivity index (χ1v) is 11.8. The molecule has 2 saturated heterocycles. The highest BCUT2D eigenvalue weighted by atomic mass is 35.5. The normalized spacial score (nSPS) is 40.1. The molecule has 0 radical (unpaired) electrons. The summed E-state index contributed by atoms with van der Waals surface area (Å²) in [6.07, 6.45) is -1.41. The van der Waals surface area contributed by atoms with E-state index in [9.17, 15) is 24.3 Å². The molecule has 0 aromatic heterocycles. The fourth-order valence-corrected chi connectivity index (χ4v) is 5.24. The molecule has 2 aliphatic rings. The number of ether oxygens (including phenoxy) is 1. The zero-order valence-corrected chi connectivity index (χ0v) is 18.4. The van der Waals surface area contributed by atoms with Gasteiger partial charge in [0.2, 0.25) is 5.91 Å². The molecule has 2 heterocycles. The summed E-state index contributed by atoms with van der Waals surface area (Å²) in [7, 11) is 0.301. The largest absolute Gasteiger partial charge is 0.388 e. The SMILES string of the molecule is CCC[C@H]1C[C@H](C(=O)N[C@@H]([C@H]2O[C@@H]([S@](C)=O)[C@H](O)[C@H](O)[C@@H]2O)[C@H](C)Cl)N(C)C1. The third-order valence-electron chi connectivity index (χ3n) is 5.73. The lowest BCUT2D eigenvalue weighted by Crippen LogP contribution is -2.66. The molecular formula is C18H33ClN2O6S. The van der Waals surface area contributed by atoms with Crippen molar-refractivity contribution < 1.29 is 29.1 Å². The van der Waals surface area contributed by atoms with Crippen molar-refractivity contribution in [3.63, 3.8) is 0 Å². The van der Waals surface area contributed by atoms with E-state index in [4.69, 9.17) is 16.3 Å². The van der Waals surface area contributed by atoms with Crippen LogP contribution in [0.25, 0.3) is 0 Å². The van der Waals surface area contributed by atoms with Crippen LogP contribution in [0.1, 0.15) is 33.1 Å². The van der Waals surface area contributed by atoms with E-state index >= 15 is 0 Å². The first kappa shape index (κ1) is 24.0. The molecule has 28 heavy (non-hydrogen) atoms. The summed E-state index contributed by atoms with van der Waals surface area (Å²) in [5, 5.41) is 32.8. The Labute approximate surface area is 174 Å². The number of amides is 1. The van der Waals surface area contributed by atoms with Crippen LogP contribution in [0.15, 0.2) is 0 Å². The van der Waals surface area contributed by atoms with Gasteiger partial charge in [0, 0.05) is 12.8 Å². The summed E-state index contributed by atoms with van der Waals surface area (Å²) in [4.78, 5) is 14.9. The third-order valence-corrected chi connectivity index (χ3v) is 7.04. The number of nitrogens with zero attached hydrogens (tertiary/aromatic N) is 1. The third kappa shape index (κ3) is 5.24. The van der Waals surface area contributed by atoms with Gasteiger partial charge in [-0.2, -0.15) is 0 Å². The highest BCUT2D eigenvalue weighted by molar-refractivity contribution is 7.84. The lowest BCUT2D eigenvalue weighted by Gasteiger charge is -2.43. The first-order valence-electron chi connectivity index (χ1n) is 9.75. The summed E-state index contributed by atoms with van der Waals surface area (Å²) >= 11 is 6.28. The van der Waals surface area contributed by atoms with Gasteiger partial charge in [0.1, 0.15) is 24.4 Å². The molecule has 0 bridgehead atoms. The average molecular weight is 441 g/mol. The summed E-state index contributed by atoms with van der Waals surface area (Å²) in [6.45, 7) is 4.61. The Bertz CT molecular complexity index is 568. The van der Waals surface area contributed by atoms with Gasteiger partial charge >= 0.3 is 0 Å². The highest BCUT2D eigenvalue weighted by Crippen LogP contribution is 2.29. The fraction of sp³-hybridized carbons (Fsp3) is 0.944. The Hall–Kier alpha value is -0.290. The number of likely N-dealkylation sites (N-methyl/N-ethyl adjacent to an activating group) is 1. The zero-order chi connectivity index (χ0) is 21.2. The number of carbonyl (C=O) groups is 1. The van der Waals surface area contributed by atoms with Crippen LogP contribution in [-0.2, 0) is 20.3 Å². The number of hydrogen-bond acceptors (Lipinski definition) is 7. The summed E-state index contributed by atoms with van der Waals surface area (Å²) in [6, 6.07) is -1.13. The Morgan fingerprint density at radius 2 is 1.96 bits per heavy atom. The maximum atomic E-state index is 12.9. The number of aliphatic hydroxyl groups excluding tert-OH is 3. The topological polar surface area (TPSA) is 119 Å². The number of hydrogen-bond donors (Lipinski definition) is 4. The van der Waals surface area contributed by atoms with Crippen molar-refractivity contribution in [2.45, 2.75) is 80.4 Å². The molecular weight excluding hydrogens is 408 g/mol. The van der Waals surface area contributed by atoms with Gasteiger partial charge < -0.3 is 25.4 Å². The minimum Gasteiger partial charge on any atom is -0.388 e. The van der Waals surface area contributed by atoms with Crippen molar-refractivity contribution in [3.8, 4) is 0 Å². The van der Waals surface area contributed by atoms with Crippen LogP contribution in [-0.4, -0.2) is 97.5 Å². The monoisotopic (exact) mass is 440 g/mol. The molecule has 2 fully saturated rings. The van der Waals surface area contributed by atoms with E-state index in [1.165, 1.54) is 6.26 Å². The summed E-state index contributed by atoms with van der Waals surface area (Å²) in [5.41, 5.74) is -1.18. The minimum atomic E-state index is -1.60. The average Bonchev–Trinajstić information content (AvgIpc) is 2.98. The summed E-state index contributed by atoms with van der Waals surface area (Å²) in [5.74, 6) is 0.238. The Balaban J connectivity index is 2.14. The molecule has 0 unspecified atom stereocenters. The van der Waals surface area contributed by atoms with Gasteiger partial charge in [0.05, 0.1) is 28.3 Å². The van der Waals surface area contributed by atoms with Crippen LogP contribution in [0.3, 0.4) is 0 Å². The second kappa shape index (κ2) is 10.1. The van der Waals surface area contributed by atoms with Gasteiger partial charge in [-0.1, -0.05) is 13.3 Å². The standard InChI is InChI=1S/C18H33ClN2O6S/c1-5-6-10-7-11(21(3)8-10)17(25)20-12(9(2)19)16-14(23)13(22)15(24)18(27-16)28(4)26/h9-16,18,22-24H,5-8H2,1-4H3,(H,20,25)/t9-,10-,11+,12+,13+,14-,15+,16+,18-,28-/m0/s1. The Kier molecular flexibility index (Phi) is 8.69. The lowest BCUT2D eigenvalue weighted by atomic mass is 9.92. The number of likely N-dealkylation sites (tertiary alicyclic amines) is 1. The molecule has 4 N–H and O–H groups in total. The molecule has 2 rings (SSSR count). The van der Waals surface area contributed by atoms with Crippen LogP contribution in [0.2, 0.25) is 0 Å². The predicted octanol–water partition coefficient (Wildman–Crippen LogP) is -0.595. The molecule has 10 heteroatoms. The molecule has 2 aliphatic heterocycles. The number of halogens is 1. The number of nitrogens with one attached hydrogen (secondary N) is 1. The maximum Gasteiger partial charge on any atom is 0.237 e. The molecule has 0 aliphatic carbocycles. The van der Waals surface area contributed by atoms with Gasteiger partial charge in [0.15, 0.2) is 5.44 Å². The maximum absolute atomic E-state index is 12.9. The lowest BCUT2D eigenvalue weighted by molar-refractivity contribution is -0.206. The number of alkyl halides is 1. The zero-order valence-electron chi connectivity index (χ0n) is 16.8. The fourth-order valence-electron chi connectivity index (χ4n) is 4.19. The van der Waals surface area contributed by atoms with E-state index in [1.807, 2.05) is 11.9 Å². The van der Waals surface area contributed by atoms with Crippen LogP contribution < -0.4 is 5.32 Å². The predicted molar refractivity (Wildman–Crippen MR) is 107 cm³/mol. The van der Waals surface area contributed by atoms with E-state index in [-0.39, 0.29) is 11.9 Å². The second-order valence-electron chi connectivity index (χ2n) is 8.00. The molecule has 10 atom stereocenters. The van der Waals surface area contributed by atoms with E-state index in [0.29, 0.717) is 5.92 Å². The van der Waals surface area contributed by atoms with Crippen molar-refractivity contribution >= 4 is 28.3 Å². The molecule has 1 amide bonds. The van der Waals surface area contributed by atoms with Crippen molar-refractivity contribution in [2.24, 2.45) is 5.92 Å². The quantitative estimate of drug-likeness (QED) is 0.390. The van der Waals surface area contributed by atoms with Crippen LogP contribution in [0.4, 0.5) is 0 Å². The highest BCUT2D eigenvalue weighted by Gasteiger charge is 2.49. The van der Waals surface area contributed by atoms with Crippen LogP contribution >= 0.6 is 11.6 Å². The van der Waals surface area contributed by atoms with E-state index in [2.05, 4.69) is 12.2 Å².